The SMILES string of the molecule is CCCCOc1ccc(Nc2ncnc(C)n2)cc1. The Morgan fingerprint density at radius 1 is 1.16 bits per heavy atom. The smallest absolute Gasteiger partial charge is 0.230 e. The molecular formula is C14H18N4O. The maximum absolute atomic E-state index is 5.60. The molecule has 100 valence electrons. The molecule has 0 bridgehead atoms. The average molecular weight is 258 g/mol. The first-order valence-electron chi connectivity index (χ1n) is 6.43. The molecule has 0 atom stereocenters. The molecule has 2 aromatic rings. The van der Waals surface area contributed by atoms with E-state index in [1.807, 2.05) is 31.2 Å². The molecular weight excluding hydrogens is 240 g/mol. The van der Waals surface area contributed by atoms with Gasteiger partial charge in [-0.05, 0) is 37.6 Å². The number of anilines is 2. The molecule has 0 aliphatic heterocycles. The maximum atomic E-state index is 5.60. The Morgan fingerprint density at radius 3 is 2.63 bits per heavy atom. The highest BCUT2D eigenvalue weighted by Gasteiger charge is 1.99. The molecule has 0 aliphatic rings. The minimum atomic E-state index is 0.548. The lowest BCUT2D eigenvalue weighted by molar-refractivity contribution is 0.309. The van der Waals surface area contributed by atoms with E-state index >= 15 is 0 Å². The van der Waals surface area contributed by atoms with Crippen LogP contribution in [0.3, 0.4) is 0 Å². The summed E-state index contributed by atoms with van der Waals surface area (Å²) in [6, 6.07) is 7.76. The van der Waals surface area contributed by atoms with Crippen LogP contribution in [0.15, 0.2) is 30.6 Å². The first-order chi connectivity index (χ1) is 9.28. The zero-order valence-electron chi connectivity index (χ0n) is 11.3. The van der Waals surface area contributed by atoms with Crippen molar-refractivity contribution < 1.29 is 4.74 Å². The van der Waals surface area contributed by atoms with Gasteiger partial charge in [0.05, 0.1) is 6.61 Å². The summed E-state index contributed by atoms with van der Waals surface area (Å²) in [6.45, 7) is 4.74. The van der Waals surface area contributed by atoms with Gasteiger partial charge in [0.25, 0.3) is 0 Å². The maximum Gasteiger partial charge on any atom is 0.230 e. The van der Waals surface area contributed by atoms with E-state index in [1.54, 1.807) is 0 Å². The molecule has 0 amide bonds. The third-order valence-corrected chi connectivity index (χ3v) is 2.57. The van der Waals surface area contributed by atoms with Gasteiger partial charge in [0, 0.05) is 5.69 Å². The number of hydrogen-bond donors (Lipinski definition) is 1. The number of benzene rings is 1. The first-order valence-corrected chi connectivity index (χ1v) is 6.43. The van der Waals surface area contributed by atoms with Crippen LogP contribution in [-0.2, 0) is 0 Å². The predicted molar refractivity (Wildman–Crippen MR) is 74.7 cm³/mol. The van der Waals surface area contributed by atoms with E-state index in [-0.39, 0.29) is 0 Å². The number of rotatable bonds is 6. The Morgan fingerprint density at radius 2 is 1.95 bits per heavy atom. The summed E-state index contributed by atoms with van der Waals surface area (Å²) >= 11 is 0. The van der Waals surface area contributed by atoms with Crippen LogP contribution in [-0.4, -0.2) is 21.6 Å². The zero-order chi connectivity index (χ0) is 13.5. The largest absolute Gasteiger partial charge is 0.494 e. The van der Waals surface area contributed by atoms with Crippen LogP contribution >= 0.6 is 0 Å². The van der Waals surface area contributed by atoms with Gasteiger partial charge in [0.1, 0.15) is 17.9 Å². The minimum Gasteiger partial charge on any atom is -0.494 e. The van der Waals surface area contributed by atoms with E-state index in [4.69, 9.17) is 4.74 Å². The van der Waals surface area contributed by atoms with Crippen molar-refractivity contribution in [3.8, 4) is 5.75 Å². The minimum absolute atomic E-state index is 0.548. The molecule has 0 unspecified atom stereocenters. The van der Waals surface area contributed by atoms with Crippen LogP contribution in [0, 0.1) is 6.92 Å². The van der Waals surface area contributed by atoms with E-state index < -0.39 is 0 Å². The Hall–Kier alpha value is -2.17. The molecule has 0 aliphatic carbocycles. The molecule has 1 aromatic carbocycles. The van der Waals surface area contributed by atoms with Crippen molar-refractivity contribution in [2.75, 3.05) is 11.9 Å². The molecule has 5 heteroatoms. The lowest BCUT2D eigenvalue weighted by atomic mass is 10.3. The summed E-state index contributed by atoms with van der Waals surface area (Å²) < 4.78 is 5.60. The second kappa shape index (κ2) is 6.68. The fourth-order valence-corrected chi connectivity index (χ4v) is 1.54. The lowest BCUT2D eigenvalue weighted by Gasteiger charge is -2.07. The Kier molecular flexibility index (Phi) is 4.66. The van der Waals surface area contributed by atoms with Crippen molar-refractivity contribution in [1.82, 2.24) is 15.0 Å². The van der Waals surface area contributed by atoms with Crippen LogP contribution in [0.5, 0.6) is 5.75 Å². The third kappa shape index (κ3) is 4.21. The molecule has 0 saturated carbocycles. The van der Waals surface area contributed by atoms with Crippen molar-refractivity contribution >= 4 is 11.6 Å². The summed E-state index contributed by atoms with van der Waals surface area (Å²) in [5.74, 6) is 2.12. The highest BCUT2D eigenvalue weighted by atomic mass is 16.5. The highest BCUT2D eigenvalue weighted by molar-refractivity contribution is 5.54. The normalized spacial score (nSPS) is 10.2. The van der Waals surface area contributed by atoms with Crippen LogP contribution in [0.4, 0.5) is 11.6 Å². The first kappa shape index (κ1) is 13.3. The summed E-state index contributed by atoms with van der Waals surface area (Å²) in [6.07, 6.45) is 3.70. The molecule has 1 aromatic heterocycles. The molecule has 5 nitrogen and oxygen atoms in total. The van der Waals surface area contributed by atoms with Crippen molar-refractivity contribution in [3.63, 3.8) is 0 Å². The van der Waals surface area contributed by atoms with Crippen LogP contribution < -0.4 is 10.1 Å². The molecule has 1 heterocycles. The quantitative estimate of drug-likeness (QED) is 0.807. The molecule has 1 N–H and O–H groups in total. The fraction of sp³-hybridized carbons (Fsp3) is 0.357. The number of aryl methyl sites for hydroxylation is 1. The standard InChI is InChI=1S/C14H18N4O/c1-3-4-9-19-13-7-5-12(6-8-13)18-14-16-10-15-11(2)17-14/h5-8,10H,3-4,9H2,1-2H3,(H,15,16,17,18). The monoisotopic (exact) mass is 258 g/mol. The number of nitrogens with one attached hydrogen (secondary N) is 1. The Bertz CT molecular complexity index is 513. The van der Waals surface area contributed by atoms with Gasteiger partial charge in [-0.25, -0.2) is 9.97 Å². The second-order valence-corrected chi connectivity index (χ2v) is 4.21. The van der Waals surface area contributed by atoms with Gasteiger partial charge >= 0.3 is 0 Å². The van der Waals surface area contributed by atoms with Crippen LogP contribution in [0.25, 0.3) is 0 Å². The van der Waals surface area contributed by atoms with Gasteiger partial charge in [-0.2, -0.15) is 4.98 Å². The number of aromatic nitrogens is 3. The Labute approximate surface area is 113 Å². The zero-order valence-corrected chi connectivity index (χ0v) is 11.3. The summed E-state index contributed by atoms with van der Waals surface area (Å²) in [5.41, 5.74) is 0.924. The molecule has 0 saturated heterocycles. The molecule has 0 fully saturated rings. The predicted octanol–water partition coefficient (Wildman–Crippen LogP) is 3.10. The van der Waals surface area contributed by atoms with Crippen molar-refractivity contribution in [1.29, 1.82) is 0 Å². The molecule has 2 rings (SSSR count). The molecule has 0 spiro atoms. The summed E-state index contributed by atoms with van der Waals surface area (Å²) in [5, 5.41) is 3.12. The van der Waals surface area contributed by atoms with Gasteiger partial charge in [-0.1, -0.05) is 13.3 Å². The van der Waals surface area contributed by atoms with Crippen LogP contribution in [0.1, 0.15) is 25.6 Å². The number of hydrogen-bond acceptors (Lipinski definition) is 5. The van der Waals surface area contributed by atoms with Gasteiger partial charge in [-0.3, -0.25) is 0 Å². The van der Waals surface area contributed by atoms with E-state index in [2.05, 4.69) is 27.2 Å². The van der Waals surface area contributed by atoms with Gasteiger partial charge < -0.3 is 10.1 Å². The number of unbranched alkanes of at least 4 members (excludes halogenated alkanes) is 1. The van der Waals surface area contributed by atoms with Crippen molar-refractivity contribution in [2.45, 2.75) is 26.7 Å². The van der Waals surface area contributed by atoms with Crippen LogP contribution in [0.2, 0.25) is 0 Å². The lowest BCUT2D eigenvalue weighted by Crippen LogP contribution is -2.00. The molecule has 0 radical (unpaired) electrons. The summed E-state index contributed by atoms with van der Waals surface area (Å²) in [4.78, 5) is 12.2. The van der Waals surface area contributed by atoms with E-state index in [9.17, 15) is 0 Å². The van der Waals surface area contributed by atoms with Gasteiger partial charge in [0.2, 0.25) is 5.95 Å². The molecule has 19 heavy (non-hydrogen) atoms. The fourth-order valence-electron chi connectivity index (χ4n) is 1.54. The second-order valence-electron chi connectivity index (χ2n) is 4.21. The Balaban J connectivity index is 1.95. The average Bonchev–Trinajstić information content (AvgIpc) is 2.41. The van der Waals surface area contributed by atoms with E-state index in [0.717, 1.165) is 30.9 Å². The third-order valence-electron chi connectivity index (χ3n) is 2.57. The number of ether oxygens (including phenoxy) is 1. The summed E-state index contributed by atoms with van der Waals surface area (Å²) in [7, 11) is 0. The number of nitrogens with zero attached hydrogens (tertiary/aromatic N) is 3. The van der Waals surface area contributed by atoms with Gasteiger partial charge in [-0.15, -0.1) is 0 Å². The highest BCUT2D eigenvalue weighted by Crippen LogP contribution is 2.18. The topological polar surface area (TPSA) is 59.9 Å². The van der Waals surface area contributed by atoms with Crippen molar-refractivity contribution in [3.05, 3.63) is 36.4 Å². The van der Waals surface area contributed by atoms with E-state index in [1.165, 1.54) is 6.33 Å². The van der Waals surface area contributed by atoms with Gasteiger partial charge in [0.15, 0.2) is 0 Å². The van der Waals surface area contributed by atoms with E-state index in [0.29, 0.717) is 11.8 Å². The van der Waals surface area contributed by atoms with Crippen molar-refractivity contribution in [2.24, 2.45) is 0 Å².